The van der Waals surface area contributed by atoms with Crippen molar-refractivity contribution in [2.45, 2.75) is 18.2 Å². The first kappa shape index (κ1) is 20.4. The van der Waals surface area contributed by atoms with Crippen LogP contribution in [0.2, 0.25) is 0 Å². The van der Waals surface area contributed by atoms with Crippen LogP contribution >= 0.6 is 11.3 Å². The molecule has 0 radical (unpaired) electrons. The van der Waals surface area contributed by atoms with Crippen molar-refractivity contribution in [3.8, 4) is 22.8 Å². The highest BCUT2D eigenvalue weighted by molar-refractivity contribution is 7.91. The Hall–Kier alpha value is -2.91. The zero-order chi connectivity index (χ0) is 21.1. The summed E-state index contributed by atoms with van der Waals surface area (Å²) in [6.45, 7) is 2.81. The number of amides is 1. The molecule has 9 heteroatoms. The third kappa shape index (κ3) is 4.63. The van der Waals surface area contributed by atoms with Gasteiger partial charge < -0.3 is 14.8 Å². The van der Waals surface area contributed by atoms with Crippen molar-refractivity contribution < 1.29 is 22.7 Å². The molecule has 0 atom stereocenters. The summed E-state index contributed by atoms with van der Waals surface area (Å²) in [5, 5.41) is 4.97. The SMILES string of the molecule is Cc1ccc(-c2csc(NC(=O)CCS(=O)(=O)c3ccc4c(c3)OCCO4)n2)cc1. The summed E-state index contributed by atoms with van der Waals surface area (Å²) in [7, 11) is -3.64. The minimum Gasteiger partial charge on any atom is -0.486 e. The van der Waals surface area contributed by atoms with Gasteiger partial charge in [0.1, 0.15) is 13.2 Å². The molecule has 1 aliphatic rings. The molecule has 2 heterocycles. The van der Waals surface area contributed by atoms with Crippen molar-refractivity contribution in [3.05, 3.63) is 53.4 Å². The van der Waals surface area contributed by atoms with Crippen LogP contribution in [0.5, 0.6) is 11.5 Å². The number of sulfone groups is 1. The Balaban J connectivity index is 1.37. The van der Waals surface area contributed by atoms with E-state index in [1.165, 1.54) is 23.5 Å². The Kier molecular flexibility index (Phi) is 5.74. The molecular formula is C21H20N2O5S2. The molecule has 1 aromatic heterocycles. The molecule has 156 valence electrons. The highest BCUT2D eigenvalue weighted by atomic mass is 32.2. The molecule has 2 aromatic carbocycles. The second-order valence-corrected chi connectivity index (χ2v) is 9.79. The number of aromatic nitrogens is 1. The summed E-state index contributed by atoms with van der Waals surface area (Å²) in [6, 6.07) is 12.4. The summed E-state index contributed by atoms with van der Waals surface area (Å²) < 4.78 is 36.0. The van der Waals surface area contributed by atoms with Gasteiger partial charge in [-0.1, -0.05) is 29.8 Å². The summed E-state index contributed by atoms with van der Waals surface area (Å²) in [6.07, 6.45) is -0.170. The average Bonchev–Trinajstić information content (AvgIpc) is 3.21. The fraction of sp³-hybridized carbons (Fsp3) is 0.238. The number of hydrogen-bond acceptors (Lipinski definition) is 7. The van der Waals surface area contributed by atoms with Gasteiger partial charge in [0, 0.05) is 23.4 Å². The number of rotatable bonds is 6. The third-order valence-corrected chi connectivity index (χ3v) is 7.04. The molecule has 3 aromatic rings. The lowest BCUT2D eigenvalue weighted by Crippen LogP contribution is -2.18. The lowest BCUT2D eigenvalue weighted by atomic mass is 10.1. The fourth-order valence-corrected chi connectivity index (χ4v) is 4.92. The van der Waals surface area contributed by atoms with Crippen molar-refractivity contribution in [2.24, 2.45) is 0 Å². The number of anilines is 1. The number of fused-ring (bicyclic) bond motifs is 1. The van der Waals surface area contributed by atoms with E-state index in [2.05, 4.69) is 10.3 Å². The number of thiazole rings is 1. The lowest BCUT2D eigenvalue weighted by Gasteiger charge is -2.18. The largest absolute Gasteiger partial charge is 0.486 e. The molecule has 1 amide bonds. The van der Waals surface area contributed by atoms with Crippen LogP contribution < -0.4 is 14.8 Å². The Morgan fingerprint density at radius 2 is 1.83 bits per heavy atom. The van der Waals surface area contributed by atoms with Gasteiger partial charge in [0.05, 0.1) is 16.3 Å². The van der Waals surface area contributed by atoms with Crippen molar-refractivity contribution in [1.29, 1.82) is 0 Å². The van der Waals surface area contributed by atoms with Crippen LogP contribution in [0.4, 0.5) is 5.13 Å². The van der Waals surface area contributed by atoms with Crippen molar-refractivity contribution in [1.82, 2.24) is 4.98 Å². The first-order valence-corrected chi connectivity index (χ1v) is 11.9. The number of carbonyl (C=O) groups excluding carboxylic acids is 1. The maximum absolute atomic E-state index is 12.6. The van der Waals surface area contributed by atoms with Crippen LogP contribution in [0.25, 0.3) is 11.3 Å². The molecule has 4 rings (SSSR count). The second-order valence-electron chi connectivity index (χ2n) is 6.83. The third-order valence-electron chi connectivity index (χ3n) is 4.57. The van der Waals surface area contributed by atoms with Crippen LogP contribution in [-0.4, -0.2) is 38.3 Å². The highest BCUT2D eigenvalue weighted by Crippen LogP contribution is 2.32. The predicted molar refractivity (Wildman–Crippen MR) is 115 cm³/mol. The molecule has 7 nitrogen and oxygen atoms in total. The van der Waals surface area contributed by atoms with Crippen molar-refractivity contribution >= 4 is 32.2 Å². The molecule has 0 aliphatic carbocycles. The van der Waals surface area contributed by atoms with Crippen molar-refractivity contribution in [2.75, 3.05) is 24.3 Å². The van der Waals surface area contributed by atoms with Gasteiger partial charge in [0.25, 0.3) is 0 Å². The molecule has 0 saturated carbocycles. The van der Waals surface area contributed by atoms with E-state index in [9.17, 15) is 13.2 Å². The lowest BCUT2D eigenvalue weighted by molar-refractivity contribution is -0.115. The minimum atomic E-state index is -3.64. The van der Waals surface area contributed by atoms with E-state index in [0.29, 0.717) is 29.8 Å². The number of hydrogen-bond donors (Lipinski definition) is 1. The van der Waals surface area contributed by atoms with E-state index in [0.717, 1.165) is 16.8 Å². The van der Waals surface area contributed by atoms with E-state index in [1.807, 2.05) is 36.6 Å². The van der Waals surface area contributed by atoms with Gasteiger partial charge >= 0.3 is 0 Å². The van der Waals surface area contributed by atoms with Gasteiger partial charge in [-0.25, -0.2) is 13.4 Å². The Morgan fingerprint density at radius 1 is 1.10 bits per heavy atom. The van der Waals surface area contributed by atoms with Crippen molar-refractivity contribution in [3.63, 3.8) is 0 Å². The van der Waals surface area contributed by atoms with Crippen LogP contribution in [0.3, 0.4) is 0 Å². The van der Waals surface area contributed by atoms with Crippen LogP contribution in [-0.2, 0) is 14.6 Å². The van der Waals surface area contributed by atoms with Gasteiger partial charge in [0.15, 0.2) is 26.5 Å². The second kappa shape index (κ2) is 8.45. The van der Waals surface area contributed by atoms with E-state index >= 15 is 0 Å². The summed E-state index contributed by atoms with van der Waals surface area (Å²) >= 11 is 1.30. The molecule has 0 saturated heterocycles. The zero-order valence-electron chi connectivity index (χ0n) is 16.3. The number of nitrogens with zero attached hydrogens (tertiary/aromatic N) is 1. The number of ether oxygens (including phenoxy) is 2. The molecule has 30 heavy (non-hydrogen) atoms. The topological polar surface area (TPSA) is 94.6 Å². The Bertz CT molecular complexity index is 1170. The fourth-order valence-electron chi connectivity index (χ4n) is 2.93. The first-order valence-electron chi connectivity index (χ1n) is 9.35. The maximum Gasteiger partial charge on any atom is 0.227 e. The number of benzene rings is 2. The molecule has 0 bridgehead atoms. The van der Waals surface area contributed by atoms with Crippen LogP contribution in [0.1, 0.15) is 12.0 Å². The van der Waals surface area contributed by atoms with Crippen LogP contribution in [0, 0.1) is 6.92 Å². The number of aryl methyl sites for hydroxylation is 1. The smallest absolute Gasteiger partial charge is 0.227 e. The normalized spacial score (nSPS) is 13.1. The summed E-state index contributed by atoms with van der Waals surface area (Å²) in [5.41, 5.74) is 2.87. The Morgan fingerprint density at radius 3 is 2.60 bits per heavy atom. The molecule has 0 unspecified atom stereocenters. The number of carbonyl (C=O) groups is 1. The van der Waals surface area contributed by atoms with Gasteiger partial charge in [-0.05, 0) is 19.1 Å². The highest BCUT2D eigenvalue weighted by Gasteiger charge is 2.21. The molecule has 1 N–H and O–H groups in total. The Labute approximate surface area is 178 Å². The van der Waals surface area contributed by atoms with Gasteiger partial charge in [-0.2, -0.15) is 0 Å². The van der Waals surface area contributed by atoms with E-state index < -0.39 is 15.7 Å². The van der Waals surface area contributed by atoms with E-state index in [-0.39, 0.29) is 17.1 Å². The standard InChI is InChI=1S/C21H20N2O5S2/c1-14-2-4-15(5-3-14)17-13-29-21(22-17)23-20(24)8-11-30(25,26)16-6-7-18-19(12-16)28-10-9-27-18/h2-7,12-13H,8-11H2,1H3,(H,22,23,24). The van der Waals surface area contributed by atoms with Gasteiger partial charge in [0.2, 0.25) is 5.91 Å². The van der Waals surface area contributed by atoms with E-state index in [1.54, 1.807) is 6.07 Å². The first-order chi connectivity index (χ1) is 14.4. The van der Waals surface area contributed by atoms with Gasteiger partial charge in [-0.3, -0.25) is 4.79 Å². The monoisotopic (exact) mass is 444 g/mol. The number of nitrogens with one attached hydrogen (secondary N) is 1. The molecular weight excluding hydrogens is 424 g/mol. The molecule has 1 aliphatic heterocycles. The average molecular weight is 445 g/mol. The summed E-state index contributed by atoms with van der Waals surface area (Å²) in [4.78, 5) is 16.8. The summed E-state index contributed by atoms with van der Waals surface area (Å²) in [5.74, 6) is 0.208. The maximum atomic E-state index is 12.6. The quantitative estimate of drug-likeness (QED) is 0.623. The minimum absolute atomic E-state index is 0.107. The molecule has 0 fully saturated rings. The van der Waals surface area contributed by atoms with E-state index in [4.69, 9.17) is 9.47 Å². The zero-order valence-corrected chi connectivity index (χ0v) is 17.9. The predicted octanol–water partition coefficient (Wildman–Crippen LogP) is 3.69. The van der Waals surface area contributed by atoms with Gasteiger partial charge in [-0.15, -0.1) is 11.3 Å². The van der Waals surface area contributed by atoms with Crippen LogP contribution in [0.15, 0.2) is 52.7 Å². The molecule has 0 spiro atoms.